The number of para-hydroxylation sites is 1. The van der Waals surface area contributed by atoms with Crippen LogP contribution in [0.1, 0.15) is 11.6 Å². The van der Waals surface area contributed by atoms with Gasteiger partial charge in [-0.15, -0.1) is 0 Å². The standard InChI is InChI=1S/C18H14N2O5S/c21-16-13-14(17(22)19-15(13)11-7-3-1-4-8-11)18(20-16)26(23,24)25-12-9-5-2-6-10-12/h1-10,15,18H,(H,19,22)(H,20,21). The van der Waals surface area contributed by atoms with Gasteiger partial charge in [0.05, 0.1) is 17.2 Å². The Bertz CT molecular complexity index is 1010. The van der Waals surface area contributed by atoms with Crippen LogP contribution in [0.5, 0.6) is 5.75 Å². The number of hydrogen-bond donors (Lipinski definition) is 2. The highest BCUT2D eigenvalue weighted by Crippen LogP contribution is 2.37. The van der Waals surface area contributed by atoms with Gasteiger partial charge in [0, 0.05) is 0 Å². The van der Waals surface area contributed by atoms with Gasteiger partial charge in [0.25, 0.3) is 11.8 Å². The van der Waals surface area contributed by atoms with E-state index in [9.17, 15) is 18.0 Å². The summed E-state index contributed by atoms with van der Waals surface area (Å²) in [5, 5.41) is 3.49. The Kier molecular flexibility index (Phi) is 3.77. The summed E-state index contributed by atoms with van der Waals surface area (Å²) in [6, 6.07) is 16.1. The second-order valence-corrected chi connectivity index (χ2v) is 7.51. The van der Waals surface area contributed by atoms with E-state index in [4.69, 9.17) is 4.18 Å². The van der Waals surface area contributed by atoms with E-state index in [0.717, 1.165) is 0 Å². The van der Waals surface area contributed by atoms with Gasteiger partial charge in [0.2, 0.25) is 0 Å². The predicted molar refractivity (Wildman–Crippen MR) is 92.3 cm³/mol. The Morgan fingerprint density at radius 2 is 1.35 bits per heavy atom. The van der Waals surface area contributed by atoms with Crippen LogP contribution in [0.3, 0.4) is 0 Å². The van der Waals surface area contributed by atoms with Gasteiger partial charge in [-0.05, 0) is 17.7 Å². The summed E-state index contributed by atoms with van der Waals surface area (Å²) in [5.41, 5.74) is 0.703. The third kappa shape index (κ3) is 2.64. The van der Waals surface area contributed by atoms with Gasteiger partial charge in [0.1, 0.15) is 5.75 Å². The van der Waals surface area contributed by atoms with Crippen molar-refractivity contribution in [3.8, 4) is 5.75 Å². The van der Waals surface area contributed by atoms with E-state index >= 15 is 0 Å². The minimum Gasteiger partial charge on any atom is -0.381 e. The largest absolute Gasteiger partial charge is 0.381 e. The minimum atomic E-state index is -4.29. The molecule has 26 heavy (non-hydrogen) atoms. The van der Waals surface area contributed by atoms with Crippen molar-refractivity contribution in [2.24, 2.45) is 0 Å². The average molecular weight is 370 g/mol. The quantitative estimate of drug-likeness (QED) is 0.783. The van der Waals surface area contributed by atoms with Crippen molar-refractivity contribution in [1.29, 1.82) is 0 Å². The number of carbonyl (C=O) groups excluding carboxylic acids is 2. The smallest absolute Gasteiger partial charge is 0.335 e. The van der Waals surface area contributed by atoms with Gasteiger partial charge in [-0.2, -0.15) is 8.42 Å². The van der Waals surface area contributed by atoms with Crippen LogP contribution in [0.4, 0.5) is 0 Å². The zero-order valence-corrected chi connectivity index (χ0v) is 14.2. The summed E-state index contributed by atoms with van der Waals surface area (Å²) < 4.78 is 30.3. The Hall–Kier alpha value is -3.13. The van der Waals surface area contributed by atoms with E-state index in [2.05, 4.69) is 10.6 Å². The fraction of sp³-hybridized carbons (Fsp3) is 0.111. The average Bonchev–Trinajstić information content (AvgIpc) is 3.16. The van der Waals surface area contributed by atoms with Crippen molar-refractivity contribution in [3.05, 3.63) is 77.4 Å². The summed E-state index contributed by atoms with van der Waals surface area (Å²) in [7, 11) is -4.29. The van der Waals surface area contributed by atoms with E-state index < -0.39 is 33.3 Å². The molecule has 0 saturated heterocycles. The molecular weight excluding hydrogens is 356 g/mol. The zero-order valence-electron chi connectivity index (χ0n) is 13.4. The number of amides is 2. The molecule has 4 rings (SSSR count). The Labute approximate surface area is 149 Å². The van der Waals surface area contributed by atoms with Gasteiger partial charge in [-0.1, -0.05) is 48.5 Å². The first-order valence-electron chi connectivity index (χ1n) is 7.86. The van der Waals surface area contributed by atoms with E-state index in [1.165, 1.54) is 12.1 Å². The monoisotopic (exact) mass is 370 g/mol. The fourth-order valence-electron chi connectivity index (χ4n) is 3.11. The van der Waals surface area contributed by atoms with Crippen molar-refractivity contribution in [3.63, 3.8) is 0 Å². The van der Waals surface area contributed by atoms with Crippen molar-refractivity contribution >= 4 is 21.9 Å². The Morgan fingerprint density at radius 1 is 0.769 bits per heavy atom. The first kappa shape index (κ1) is 16.3. The maximum atomic E-state index is 12.6. The fourth-order valence-corrected chi connectivity index (χ4v) is 4.36. The highest BCUT2D eigenvalue weighted by atomic mass is 32.2. The topological polar surface area (TPSA) is 102 Å². The Morgan fingerprint density at radius 3 is 2.00 bits per heavy atom. The first-order chi connectivity index (χ1) is 12.5. The molecule has 2 aliphatic rings. The predicted octanol–water partition coefficient (Wildman–Crippen LogP) is 1.02. The van der Waals surface area contributed by atoms with E-state index in [0.29, 0.717) is 5.56 Å². The summed E-state index contributed by atoms with van der Waals surface area (Å²) >= 11 is 0. The second-order valence-electron chi connectivity index (χ2n) is 5.89. The first-order valence-corrected chi connectivity index (χ1v) is 9.33. The van der Waals surface area contributed by atoms with Crippen LogP contribution in [-0.4, -0.2) is 25.6 Å². The molecule has 2 heterocycles. The van der Waals surface area contributed by atoms with Gasteiger partial charge in [-0.3, -0.25) is 9.59 Å². The van der Waals surface area contributed by atoms with E-state index in [1.807, 2.05) is 6.07 Å². The van der Waals surface area contributed by atoms with E-state index in [1.54, 1.807) is 42.5 Å². The molecule has 2 aromatic carbocycles. The van der Waals surface area contributed by atoms with Gasteiger partial charge in [0.15, 0.2) is 5.37 Å². The molecular formula is C18H14N2O5S. The van der Waals surface area contributed by atoms with Crippen molar-refractivity contribution in [2.75, 3.05) is 0 Å². The molecule has 8 heteroatoms. The lowest BCUT2D eigenvalue weighted by molar-refractivity contribution is -0.118. The maximum absolute atomic E-state index is 12.6. The van der Waals surface area contributed by atoms with Crippen molar-refractivity contribution in [2.45, 2.75) is 11.4 Å². The van der Waals surface area contributed by atoms with Crippen LogP contribution in [0.25, 0.3) is 0 Å². The summed E-state index contributed by atoms with van der Waals surface area (Å²) in [6.45, 7) is 0. The van der Waals surface area contributed by atoms with Crippen LogP contribution in [0.15, 0.2) is 71.8 Å². The molecule has 2 aliphatic heterocycles. The molecule has 0 bridgehead atoms. The molecule has 132 valence electrons. The van der Waals surface area contributed by atoms with Crippen molar-refractivity contribution in [1.82, 2.24) is 10.6 Å². The lowest BCUT2D eigenvalue weighted by atomic mass is 9.99. The number of rotatable bonds is 4. The summed E-state index contributed by atoms with van der Waals surface area (Å²) in [5.74, 6) is -1.09. The third-order valence-corrected chi connectivity index (χ3v) is 5.60. The SMILES string of the molecule is O=C1NC(S(=O)(=O)Oc2ccccc2)C2=C1C(c1ccccc1)NC2=O. The number of hydrogen-bond acceptors (Lipinski definition) is 5. The number of benzene rings is 2. The van der Waals surface area contributed by atoms with Crippen LogP contribution < -0.4 is 14.8 Å². The summed E-state index contributed by atoms with van der Waals surface area (Å²) in [6.07, 6.45) is 0. The molecule has 0 spiro atoms. The zero-order chi connectivity index (χ0) is 18.3. The molecule has 0 fully saturated rings. The van der Waals surface area contributed by atoms with Crippen LogP contribution in [-0.2, 0) is 19.7 Å². The highest BCUT2D eigenvalue weighted by Gasteiger charge is 2.51. The molecule has 0 aromatic heterocycles. The van der Waals surface area contributed by atoms with Crippen molar-refractivity contribution < 1.29 is 22.2 Å². The lowest BCUT2D eigenvalue weighted by Crippen LogP contribution is -2.43. The molecule has 0 aliphatic carbocycles. The molecule has 2 unspecified atom stereocenters. The van der Waals surface area contributed by atoms with Crippen LogP contribution in [0, 0.1) is 0 Å². The molecule has 0 saturated carbocycles. The minimum absolute atomic E-state index is 0.105. The van der Waals surface area contributed by atoms with Crippen LogP contribution >= 0.6 is 0 Å². The summed E-state index contributed by atoms with van der Waals surface area (Å²) in [4.78, 5) is 24.8. The molecule has 2 N–H and O–H groups in total. The second kappa shape index (κ2) is 5.99. The van der Waals surface area contributed by atoms with Gasteiger partial charge < -0.3 is 14.8 Å². The van der Waals surface area contributed by atoms with Crippen LogP contribution in [0.2, 0.25) is 0 Å². The Balaban J connectivity index is 1.72. The third-order valence-electron chi connectivity index (χ3n) is 4.25. The van der Waals surface area contributed by atoms with E-state index in [-0.39, 0.29) is 16.9 Å². The lowest BCUT2D eigenvalue weighted by Gasteiger charge is -2.17. The maximum Gasteiger partial charge on any atom is 0.335 e. The van der Waals surface area contributed by atoms with Gasteiger partial charge in [-0.25, -0.2) is 0 Å². The molecule has 2 aromatic rings. The molecule has 2 amide bonds. The number of carbonyl (C=O) groups is 2. The molecule has 2 atom stereocenters. The van der Waals surface area contributed by atoms with Gasteiger partial charge >= 0.3 is 10.1 Å². The molecule has 0 radical (unpaired) electrons. The highest BCUT2D eigenvalue weighted by molar-refractivity contribution is 7.88. The molecule has 7 nitrogen and oxygen atoms in total. The normalized spacial score (nSPS) is 22.0. The number of nitrogens with one attached hydrogen (secondary N) is 2.